The van der Waals surface area contributed by atoms with Gasteiger partial charge in [-0.15, -0.1) is 11.8 Å². The van der Waals surface area contributed by atoms with E-state index < -0.39 is 0 Å². The topological polar surface area (TPSA) is 46.1 Å². The van der Waals surface area contributed by atoms with Gasteiger partial charge >= 0.3 is 0 Å². The lowest BCUT2D eigenvalue weighted by Crippen LogP contribution is -2.29. The van der Waals surface area contributed by atoms with Crippen LogP contribution in [0.2, 0.25) is 0 Å². The van der Waals surface area contributed by atoms with Gasteiger partial charge in [0.1, 0.15) is 17.0 Å². The molecule has 4 nitrogen and oxygen atoms in total. The van der Waals surface area contributed by atoms with Crippen LogP contribution in [0, 0.1) is 13.8 Å². The van der Waals surface area contributed by atoms with Crippen LogP contribution >= 0.6 is 43.6 Å². The Morgan fingerprint density at radius 2 is 1.91 bits per heavy atom. The highest BCUT2D eigenvalue weighted by Crippen LogP contribution is 2.46. The first-order chi connectivity index (χ1) is 10.5. The van der Waals surface area contributed by atoms with E-state index in [9.17, 15) is 4.79 Å². The third-order valence-corrected chi connectivity index (χ3v) is 5.87. The van der Waals surface area contributed by atoms with Gasteiger partial charge in [-0.2, -0.15) is 0 Å². The lowest BCUT2D eigenvalue weighted by Gasteiger charge is -2.25. The number of aromatic nitrogens is 2. The molecular formula is C15H13Br2N3OS. The monoisotopic (exact) mass is 441 g/mol. The van der Waals surface area contributed by atoms with Crippen LogP contribution in [-0.2, 0) is 4.79 Å². The van der Waals surface area contributed by atoms with Gasteiger partial charge in [0.05, 0.1) is 5.75 Å². The highest BCUT2D eigenvalue weighted by Gasteiger charge is 2.37. The Balaban J connectivity index is 2.10. The van der Waals surface area contributed by atoms with Crippen LogP contribution in [-0.4, -0.2) is 21.6 Å². The van der Waals surface area contributed by atoms with Crippen molar-refractivity contribution in [2.75, 3.05) is 10.7 Å². The number of thioether (sulfide) groups is 1. The quantitative estimate of drug-likeness (QED) is 0.691. The molecule has 1 fully saturated rings. The van der Waals surface area contributed by atoms with E-state index >= 15 is 0 Å². The van der Waals surface area contributed by atoms with Crippen molar-refractivity contribution < 1.29 is 4.79 Å². The standard InChI is InChI=1S/C15H13Br2N3OS/c1-8-6-12(19-9(2)18-8)20-13(21)7-22-15(20)14-10(16)4-3-5-11(14)17/h3-6,15H,7H2,1-2H3/t15-/m0/s1. The number of benzene rings is 1. The van der Waals surface area contributed by atoms with Crippen LogP contribution < -0.4 is 4.90 Å². The van der Waals surface area contributed by atoms with Gasteiger partial charge in [-0.25, -0.2) is 9.97 Å². The summed E-state index contributed by atoms with van der Waals surface area (Å²) in [7, 11) is 0. The molecule has 1 aromatic heterocycles. The number of carbonyl (C=O) groups is 1. The van der Waals surface area contributed by atoms with Gasteiger partial charge in [0.15, 0.2) is 0 Å². The zero-order chi connectivity index (χ0) is 15.9. The summed E-state index contributed by atoms with van der Waals surface area (Å²) in [6.45, 7) is 3.75. The fourth-order valence-corrected chi connectivity index (χ4v) is 5.42. The van der Waals surface area contributed by atoms with E-state index in [1.807, 2.05) is 38.1 Å². The van der Waals surface area contributed by atoms with E-state index in [0.717, 1.165) is 20.2 Å². The van der Waals surface area contributed by atoms with Crippen molar-refractivity contribution in [3.8, 4) is 0 Å². The van der Waals surface area contributed by atoms with Gasteiger partial charge in [-0.05, 0) is 26.0 Å². The van der Waals surface area contributed by atoms with Crippen molar-refractivity contribution in [3.05, 3.63) is 50.3 Å². The summed E-state index contributed by atoms with van der Waals surface area (Å²) < 4.78 is 1.95. The second kappa shape index (κ2) is 6.29. The largest absolute Gasteiger partial charge is 0.279 e. The predicted octanol–water partition coefficient (Wildman–Crippen LogP) is 4.40. The summed E-state index contributed by atoms with van der Waals surface area (Å²) >= 11 is 8.79. The molecule has 0 saturated carbocycles. The first-order valence-corrected chi connectivity index (χ1v) is 9.30. The Labute approximate surface area is 150 Å². The SMILES string of the molecule is Cc1cc(N2C(=O)CS[C@H]2c2c(Br)cccc2Br)nc(C)n1. The zero-order valence-corrected chi connectivity index (χ0v) is 16.0. The van der Waals surface area contributed by atoms with E-state index in [0.29, 0.717) is 17.4 Å². The molecule has 2 aromatic rings. The maximum absolute atomic E-state index is 12.4. The van der Waals surface area contributed by atoms with Gasteiger partial charge in [-0.3, -0.25) is 9.69 Å². The lowest BCUT2D eigenvalue weighted by atomic mass is 10.2. The van der Waals surface area contributed by atoms with E-state index in [1.165, 1.54) is 0 Å². The number of aryl methyl sites for hydroxylation is 2. The molecule has 2 heterocycles. The molecule has 3 rings (SSSR count). The molecule has 1 atom stereocenters. The van der Waals surface area contributed by atoms with E-state index in [-0.39, 0.29) is 11.3 Å². The molecule has 1 aliphatic heterocycles. The van der Waals surface area contributed by atoms with Crippen molar-refractivity contribution in [1.82, 2.24) is 9.97 Å². The molecule has 0 bridgehead atoms. The molecule has 0 radical (unpaired) electrons. The number of nitrogens with zero attached hydrogens (tertiary/aromatic N) is 3. The number of anilines is 1. The minimum absolute atomic E-state index is 0.0650. The molecule has 1 aliphatic rings. The molecule has 114 valence electrons. The average Bonchev–Trinajstić information content (AvgIpc) is 2.79. The maximum atomic E-state index is 12.4. The van der Waals surface area contributed by atoms with Crippen LogP contribution in [0.5, 0.6) is 0 Å². The molecule has 22 heavy (non-hydrogen) atoms. The minimum atomic E-state index is -0.105. The minimum Gasteiger partial charge on any atom is -0.279 e. The summed E-state index contributed by atoms with van der Waals surface area (Å²) in [5.74, 6) is 1.84. The van der Waals surface area contributed by atoms with Crippen molar-refractivity contribution in [2.24, 2.45) is 0 Å². The Hall–Kier alpha value is -0.920. The number of halogens is 2. The fraction of sp³-hybridized carbons (Fsp3) is 0.267. The highest BCUT2D eigenvalue weighted by atomic mass is 79.9. The maximum Gasteiger partial charge on any atom is 0.239 e. The molecule has 1 aromatic carbocycles. The van der Waals surface area contributed by atoms with Gasteiger partial charge in [0, 0.05) is 26.3 Å². The predicted molar refractivity (Wildman–Crippen MR) is 96.0 cm³/mol. The number of hydrogen-bond donors (Lipinski definition) is 0. The zero-order valence-electron chi connectivity index (χ0n) is 12.0. The summed E-state index contributed by atoms with van der Waals surface area (Å²) in [5, 5.41) is -0.105. The van der Waals surface area contributed by atoms with Gasteiger partial charge in [0.25, 0.3) is 0 Å². The lowest BCUT2D eigenvalue weighted by molar-refractivity contribution is -0.115. The number of carbonyl (C=O) groups excluding carboxylic acids is 1. The van der Waals surface area contributed by atoms with Crippen molar-refractivity contribution in [3.63, 3.8) is 0 Å². The van der Waals surface area contributed by atoms with Gasteiger partial charge in [0.2, 0.25) is 5.91 Å². The third kappa shape index (κ3) is 2.94. The number of amides is 1. The van der Waals surface area contributed by atoms with E-state index in [2.05, 4.69) is 41.8 Å². The number of hydrogen-bond acceptors (Lipinski definition) is 4. The highest BCUT2D eigenvalue weighted by molar-refractivity contribution is 9.11. The van der Waals surface area contributed by atoms with Crippen LogP contribution in [0.1, 0.15) is 22.5 Å². The molecule has 0 N–H and O–H groups in total. The molecule has 0 unspecified atom stereocenters. The Morgan fingerprint density at radius 1 is 1.23 bits per heavy atom. The van der Waals surface area contributed by atoms with Crippen LogP contribution in [0.4, 0.5) is 5.82 Å². The fourth-order valence-electron chi connectivity index (χ4n) is 2.45. The number of rotatable bonds is 2. The van der Waals surface area contributed by atoms with E-state index in [1.54, 1.807) is 16.7 Å². The summed E-state index contributed by atoms with van der Waals surface area (Å²) in [4.78, 5) is 22.9. The average molecular weight is 443 g/mol. The Morgan fingerprint density at radius 3 is 2.55 bits per heavy atom. The first kappa shape index (κ1) is 16.0. The molecule has 1 amide bonds. The summed E-state index contributed by atoms with van der Waals surface area (Å²) in [6, 6.07) is 7.78. The van der Waals surface area contributed by atoms with Crippen molar-refractivity contribution in [1.29, 1.82) is 0 Å². The molecule has 7 heteroatoms. The Kier molecular flexibility index (Phi) is 4.56. The molecule has 0 aliphatic carbocycles. The third-order valence-electron chi connectivity index (χ3n) is 3.31. The van der Waals surface area contributed by atoms with Crippen LogP contribution in [0.3, 0.4) is 0 Å². The van der Waals surface area contributed by atoms with Gasteiger partial charge < -0.3 is 0 Å². The summed E-state index contributed by atoms with van der Waals surface area (Å²) in [6.07, 6.45) is 0. The second-order valence-electron chi connectivity index (χ2n) is 4.98. The Bertz CT molecular complexity index is 713. The van der Waals surface area contributed by atoms with Crippen molar-refractivity contribution >= 4 is 55.3 Å². The molecule has 1 saturated heterocycles. The van der Waals surface area contributed by atoms with Crippen LogP contribution in [0.25, 0.3) is 0 Å². The summed E-state index contributed by atoms with van der Waals surface area (Å²) in [5.41, 5.74) is 1.91. The smallest absolute Gasteiger partial charge is 0.239 e. The normalized spacial score (nSPS) is 18.1. The van der Waals surface area contributed by atoms with Gasteiger partial charge in [-0.1, -0.05) is 37.9 Å². The van der Waals surface area contributed by atoms with E-state index in [4.69, 9.17) is 0 Å². The van der Waals surface area contributed by atoms with Crippen LogP contribution in [0.15, 0.2) is 33.2 Å². The first-order valence-electron chi connectivity index (χ1n) is 6.67. The van der Waals surface area contributed by atoms with Crippen molar-refractivity contribution in [2.45, 2.75) is 19.2 Å². The molecular weight excluding hydrogens is 430 g/mol. The second-order valence-corrected chi connectivity index (χ2v) is 7.75. The molecule has 0 spiro atoms.